The molecule has 3 aromatic rings. The summed E-state index contributed by atoms with van der Waals surface area (Å²) in [5.41, 5.74) is 3.84. The molecule has 0 spiro atoms. The van der Waals surface area contributed by atoms with Gasteiger partial charge in [0.2, 0.25) is 5.91 Å². The van der Waals surface area contributed by atoms with Crippen molar-refractivity contribution in [2.75, 3.05) is 22.9 Å². The van der Waals surface area contributed by atoms with Crippen LogP contribution >= 0.6 is 0 Å². The van der Waals surface area contributed by atoms with Gasteiger partial charge in [0.1, 0.15) is 6.54 Å². The van der Waals surface area contributed by atoms with Gasteiger partial charge in [0, 0.05) is 19.1 Å². The van der Waals surface area contributed by atoms with Crippen molar-refractivity contribution in [3.63, 3.8) is 0 Å². The van der Waals surface area contributed by atoms with Gasteiger partial charge in [0.15, 0.2) is 0 Å². The Hall–Kier alpha value is -3.93. The van der Waals surface area contributed by atoms with Crippen LogP contribution in [0.25, 0.3) is 0 Å². The maximum Gasteiger partial charge on any atom is 0.262 e. The largest absolute Gasteiger partial charge is 0.365 e. The molecule has 2 aliphatic heterocycles. The normalized spacial score (nSPS) is 21.0. The summed E-state index contributed by atoms with van der Waals surface area (Å²) in [5, 5.41) is 0. The van der Waals surface area contributed by atoms with Gasteiger partial charge in [-0.3, -0.25) is 19.3 Å². The predicted octanol–water partition coefficient (Wildman–Crippen LogP) is 4.50. The van der Waals surface area contributed by atoms with Crippen molar-refractivity contribution in [1.29, 1.82) is 0 Å². The van der Waals surface area contributed by atoms with Crippen LogP contribution in [0, 0.1) is 5.92 Å². The maximum absolute atomic E-state index is 13.9. The summed E-state index contributed by atoms with van der Waals surface area (Å²) >= 11 is 0. The molecule has 2 atom stereocenters. The lowest BCUT2D eigenvalue weighted by Crippen LogP contribution is -2.48. The molecule has 3 aromatic carbocycles. The summed E-state index contributed by atoms with van der Waals surface area (Å²) in [5.74, 6) is -0.658. The maximum atomic E-state index is 13.9. The number of fused-ring (bicyclic) bond motifs is 3. The van der Waals surface area contributed by atoms with Gasteiger partial charge in [0.05, 0.1) is 22.5 Å². The van der Waals surface area contributed by atoms with E-state index in [0.29, 0.717) is 17.0 Å². The molecule has 0 bridgehead atoms. The van der Waals surface area contributed by atoms with Crippen molar-refractivity contribution >= 4 is 29.1 Å². The van der Waals surface area contributed by atoms with Gasteiger partial charge in [0.25, 0.3) is 11.8 Å². The van der Waals surface area contributed by atoms with E-state index in [-0.39, 0.29) is 18.5 Å². The Bertz CT molecular complexity index is 1270. The second-order valence-corrected chi connectivity index (χ2v) is 9.62. The molecule has 2 heterocycles. The van der Waals surface area contributed by atoms with Gasteiger partial charge in [-0.1, -0.05) is 61.0 Å². The minimum Gasteiger partial charge on any atom is -0.365 e. The number of nitrogens with zero attached hydrogens (tertiary/aromatic N) is 3. The van der Waals surface area contributed by atoms with E-state index in [1.165, 1.54) is 5.56 Å². The molecule has 6 nitrogen and oxygen atoms in total. The molecule has 0 unspecified atom stereocenters. The third-order valence-electron chi connectivity index (χ3n) is 7.54. The molecule has 1 saturated carbocycles. The highest BCUT2D eigenvalue weighted by atomic mass is 16.2. The van der Waals surface area contributed by atoms with Crippen LogP contribution < -0.4 is 9.80 Å². The van der Waals surface area contributed by atoms with Crippen molar-refractivity contribution in [2.45, 2.75) is 31.8 Å². The molecule has 1 aliphatic carbocycles. The number of anilines is 2. The zero-order valence-corrected chi connectivity index (χ0v) is 19.5. The number of imide groups is 1. The molecule has 6 heteroatoms. The first-order valence-electron chi connectivity index (χ1n) is 12.3. The molecule has 6 rings (SSSR count). The summed E-state index contributed by atoms with van der Waals surface area (Å²) in [6.45, 7) is 1.39. The zero-order chi connectivity index (χ0) is 23.9. The zero-order valence-electron chi connectivity index (χ0n) is 19.5. The fraction of sp³-hybridized carbons (Fsp3) is 0.276. The first kappa shape index (κ1) is 21.6. The number of benzene rings is 3. The van der Waals surface area contributed by atoms with E-state index < -0.39 is 11.8 Å². The van der Waals surface area contributed by atoms with Gasteiger partial charge >= 0.3 is 0 Å². The lowest BCUT2D eigenvalue weighted by molar-refractivity contribution is -0.119. The smallest absolute Gasteiger partial charge is 0.262 e. The molecule has 35 heavy (non-hydrogen) atoms. The van der Waals surface area contributed by atoms with Crippen LogP contribution in [0.5, 0.6) is 0 Å². The van der Waals surface area contributed by atoms with E-state index in [9.17, 15) is 14.4 Å². The Kier molecular flexibility index (Phi) is 5.36. The molecule has 0 saturated heterocycles. The van der Waals surface area contributed by atoms with Gasteiger partial charge in [-0.25, -0.2) is 0 Å². The number of carbonyl (C=O) groups is 3. The molecular weight excluding hydrogens is 438 g/mol. The molecule has 1 fully saturated rings. The minimum absolute atomic E-state index is 0.0552. The molecule has 0 aromatic heterocycles. The second-order valence-electron chi connectivity index (χ2n) is 9.62. The Labute approximate surface area is 204 Å². The van der Waals surface area contributed by atoms with Crippen LogP contribution in [0.2, 0.25) is 0 Å². The number of rotatable bonds is 4. The van der Waals surface area contributed by atoms with Crippen LogP contribution in [-0.4, -0.2) is 41.8 Å². The van der Waals surface area contributed by atoms with Crippen molar-refractivity contribution in [3.05, 3.63) is 95.6 Å². The first-order chi connectivity index (χ1) is 17.1. The number of hydrogen-bond donors (Lipinski definition) is 0. The summed E-state index contributed by atoms with van der Waals surface area (Å²) in [7, 11) is 0. The predicted molar refractivity (Wildman–Crippen MR) is 134 cm³/mol. The van der Waals surface area contributed by atoms with E-state index in [4.69, 9.17) is 0 Å². The van der Waals surface area contributed by atoms with Crippen LogP contribution in [0.3, 0.4) is 0 Å². The topological polar surface area (TPSA) is 60.9 Å². The van der Waals surface area contributed by atoms with Gasteiger partial charge < -0.3 is 9.80 Å². The summed E-state index contributed by atoms with van der Waals surface area (Å²) in [6, 6.07) is 25.2. The standard InChI is InChI=1S/C29H27N3O3/c33-27(19-31-28(34)22-12-4-5-13-23(22)29(31)35)32-24-16-8-11-21(24)18-30(17-20-9-2-1-3-10-20)25-14-6-7-15-26(25)32/h1-7,9-10,12-15,21,24H,8,11,16-19H2/t21-,24-/m1/s1. The molecule has 3 aliphatic rings. The molecular formula is C29H27N3O3. The number of hydrogen-bond acceptors (Lipinski definition) is 4. The third kappa shape index (κ3) is 3.70. The lowest BCUT2D eigenvalue weighted by Gasteiger charge is -2.32. The Balaban J connectivity index is 1.34. The van der Waals surface area contributed by atoms with Gasteiger partial charge in [-0.05, 0) is 48.6 Å². The van der Waals surface area contributed by atoms with Crippen molar-refractivity contribution in [1.82, 2.24) is 4.90 Å². The molecule has 0 radical (unpaired) electrons. The fourth-order valence-corrected chi connectivity index (χ4v) is 5.93. The van der Waals surface area contributed by atoms with Crippen molar-refractivity contribution < 1.29 is 14.4 Å². The quantitative estimate of drug-likeness (QED) is 0.532. The van der Waals surface area contributed by atoms with Crippen molar-refractivity contribution in [3.8, 4) is 0 Å². The average molecular weight is 466 g/mol. The first-order valence-corrected chi connectivity index (χ1v) is 12.3. The summed E-state index contributed by atoms with van der Waals surface area (Å²) in [6.07, 6.45) is 3.04. The van der Waals surface area contributed by atoms with Gasteiger partial charge in [-0.2, -0.15) is 0 Å². The van der Waals surface area contributed by atoms with E-state index in [0.717, 1.165) is 48.6 Å². The Morgan fingerprint density at radius 3 is 2.11 bits per heavy atom. The Morgan fingerprint density at radius 2 is 1.40 bits per heavy atom. The second kappa shape index (κ2) is 8.69. The van der Waals surface area contributed by atoms with E-state index in [1.807, 2.05) is 29.2 Å². The third-order valence-corrected chi connectivity index (χ3v) is 7.54. The van der Waals surface area contributed by atoms with Crippen LogP contribution in [0.4, 0.5) is 11.4 Å². The highest BCUT2D eigenvalue weighted by Crippen LogP contribution is 2.42. The van der Waals surface area contributed by atoms with Crippen LogP contribution in [0.15, 0.2) is 78.9 Å². The van der Waals surface area contributed by atoms with E-state index in [2.05, 4.69) is 35.2 Å². The Morgan fingerprint density at radius 1 is 0.771 bits per heavy atom. The van der Waals surface area contributed by atoms with Crippen molar-refractivity contribution in [2.24, 2.45) is 5.92 Å². The number of para-hydroxylation sites is 2. The highest BCUT2D eigenvalue weighted by molar-refractivity contribution is 6.22. The highest BCUT2D eigenvalue weighted by Gasteiger charge is 2.43. The summed E-state index contributed by atoms with van der Waals surface area (Å²) in [4.78, 5) is 45.1. The molecule has 176 valence electrons. The minimum atomic E-state index is -0.393. The monoisotopic (exact) mass is 465 g/mol. The number of carbonyl (C=O) groups excluding carboxylic acids is 3. The summed E-state index contributed by atoms with van der Waals surface area (Å²) < 4.78 is 0. The van der Waals surface area contributed by atoms with Crippen LogP contribution in [-0.2, 0) is 11.3 Å². The van der Waals surface area contributed by atoms with Gasteiger partial charge in [-0.15, -0.1) is 0 Å². The fourth-order valence-electron chi connectivity index (χ4n) is 5.93. The number of amides is 3. The average Bonchev–Trinajstić information content (AvgIpc) is 3.39. The van der Waals surface area contributed by atoms with E-state index in [1.54, 1.807) is 24.3 Å². The molecule has 0 N–H and O–H groups in total. The molecule has 3 amide bonds. The SMILES string of the molecule is O=C1c2ccccc2C(=O)N1CC(=O)N1c2ccccc2N(Cc2ccccc2)C[C@H]2CCC[C@H]21. The lowest BCUT2D eigenvalue weighted by atomic mass is 10.0. The van der Waals surface area contributed by atoms with Crippen LogP contribution in [0.1, 0.15) is 45.5 Å². The van der Waals surface area contributed by atoms with E-state index >= 15 is 0 Å².